The van der Waals surface area contributed by atoms with Gasteiger partial charge < -0.3 is 5.32 Å². The molecule has 0 fully saturated rings. The molecular weight excluding hydrogens is 298 g/mol. The predicted molar refractivity (Wildman–Crippen MR) is 103 cm³/mol. The molecule has 0 saturated heterocycles. The standard InChI is InChI=1S/C21H19NS/c1-16(21(23)22-20-10-6-3-7-11-20)17-12-14-19(15-13-17)18-8-4-2-5-9-18/h2-16H,1H3,(H,22,23). The number of benzene rings is 3. The second-order valence-corrected chi connectivity index (χ2v) is 6.00. The van der Waals surface area contributed by atoms with Gasteiger partial charge in [-0.1, -0.05) is 91.9 Å². The van der Waals surface area contributed by atoms with Crippen LogP contribution in [0.3, 0.4) is 0 Å². The van der Waals surface area contributed by atoms with Crippen molar-refractivity contribution in [1.29, 1.82) is 0 Å². The first-order valence-electron chi connectivity index (χ1n) is 7.75. The van der Waals surface area contributed by atoms with E-state index in [0.717, 1.165) is 10.7 Å². The summed E-state index contributed by atoms with van der Waals surface area (Å²) in [4.78, 5) is 0.837. The molecule has 0 aliphatic carbocycles. The van der Waals surface area contributed by atoms with E-state index in [1.165, 1.54) is 16.7 Å². The molecule has 3 aromatic carbocycles. The lowest BCUT2D eigenvalue weighted by molar-refractivity contribution is 1.03. The summed E-state index contributed by atoms with van der Waals surface area (Å²) in [7, 11) is 0. The maximum Gasteiger partial charge on any atom is 0.0870 e. The zero-order chi connectivity index (χ0) is 16.1. The third kappa shape index (κ3) is 3.85. The number of hydrogen-bond acceptors (Lipinski definition) is 1. The summed E-state index contributed by atoms with van der Waals surface area (Å²) >= 11 is 5.56. The fourth-order valence-corrected chi connectivity index (χ4v) is 2.77. The second-order valence-electron chi connectivity index (χ2n) is 5.56. The summed E-state index contributed by atoms with van der Waals surface area (Å²) < 4.78 is 0. The lowest BCUT2D eigenvalue weighted by Crippen LogP contribution is -2.16. The van der Waals surface area contributed by atoms with Crippen molar-refractivity contribution < 1.29 is 0 Å². The lowest BCUT2D eigenvalue weighted by atomic mass is 9.97. The average Bonchev–Trinajstić information content (AvgIpc) is 2.63. The molecule has 0 amide bonds. The maximum absolute atomic E-state index is 5.56. The largest absolute Gasteiger partial charge is 0.350 e. The summed E-state index contributed by atoms with van der Waals surface area (Å²) in [6.07, 6.45) is 0. The third-order valence-corrected chi connectivity index (χ3v) is 4.41. The van der Waals surface area contributed by atoms with Crippen LogP contribution in [0.25, 0.3) is 11.1 Å². The van der Waals surface area contributed by atoms with Crippen molar-refractivity contribution in [2.75, 3.05) is 5.32 Å². The minimum absolute atomic E-state index is 0.176. The normalized spacial score (nSPS) is 11.7. The quantitative estimate of drug-likeness (QED) is 0.601. The molecule has 0 saturated carbocycles. The highest BCUT2D eigenvalue weighted by molar-refractivity contribution is 7.80. The Balaban J connectivity index is 1.72. The highest BCUT2D eigenvalue weighted by Gasteiger charge is 2.11. The summed E-state index contributed by atoms with van der Waals surface area (Å²) in [5.41, 5.74) is 4.71. The van der Waals surface area contributed by atoms with Crippen LogP contribution in [-0.2, 0) is 0 Å². The van der Waals surface area contributed by atoms with Gasteiger partial charge in [0.1, 0.15) is 0 Å². The van der Waals surface area contributed by atoms with Gasteiger partial charge in [0.05, 0.1) is 4.99 Å². The van der Waals surface area contributed by atoms with Crippen LogP contribution < -0.4 is 5.32 Å². The molecule has 1 N–H and O–H groups in total. The minimum atomic E-state index is 0.176. The maximum atomic E-state index is 5.56. The van der Waals surface area contributed by atoms with Gasteiger partial charge >= 0.3 is 0 Å². The average molecular weight is 317 g/mol. The van der Waals surface area contributed by atoms with E-state index in [2.05, 4.69) is 60.8 Å². The Kier molecular flexibility index (Phi) is 4.84. The van der Waals surface area contributed by atoms with Gasteiger partial charge in [-0.05, 0) is 28.8 Å². The number of thiocarbonyl (C=S) groups is 1. The first-order chi connectivity index (χ1) is 11.2. The van der Waals surface area contributed by atoms with E-state index >= 15 is 0 Å². The molecule has 23 heavy (non-hydrogen) atoms. The van der Waals surface area contributed by atoms with Gasteiger partial charge in [0.15, 0.2) is 0 Å². The van der Waals surface area contributed by atoms with Crippen LogP contribution in [-0.4, -0.2) is 4.99 Å². The van der Waals surface area contributed by atoms with Crippen LogP contribution in [0.2, 0.25) is 0 Å². The van der Waals surface area contributed by atoms with Crippen molar-refractivity contribution in [2.24, 2.45) is 0 Å². The Morgan fingerprint density at radius 3 is 1.87 bits per heavy atom. The summed E-state index contributed by atoms with van der Waals surface area (Å²) in [6.45, 7) is 2.13. The van der Waals surface area contributed by atoms with Crippen LogP contribution >= 0.6 is 12.2 Å². The van der Waals surface area contributed by atoms with Crippen molar-refractivity contribution in [3.05, 3.63) is 90.5 Å². The first kappa shape index (κ1) is 15.4. The van der Waals surface area contributed by atoms with Crippen LogP contribution in [0.1, 0.15) is 18.4 Å². The molecule has 3 aromatic rings. The van der Waals surface area contributed by atoms with Crippen molar-refractivity contribution in [2.45, 2.75) is 12.8 Å². The van der Waals surface area contributed by atoms with E-state index in [1.54, 1.807) is 0 Å². The van der Waals surface area contributed by atoms with Crippen molar-refractivity contribution in [1.82, 2.24) is 0 Å². The van der Waals surface area contributed by atoms with Crippen molar-refractivity contribution in [3.8, 4) is 11.1 Å². The fourth-order valence-electron chi connectivity index (χ4n) is 2.52. The van der Waals surface area contributed by atoms with E-state index < -0.39 is 0 Å². The van der Waals surface area contributed by atoms with E-state index in [-0.39, 0.29) is 5.92 Å². The molecule has 0 spiro atoms. The van der Waals surface area contributed by atoms with E-state index in [1.807, 2.05) is 36.4 Å². The molecule has 0 aliphatic rings. The zero-order valence-corrected chi connectivity index (χ0v) is 13.9. The van der Waals surface area contributed by atoms with Crippen molar-refractivity contribution >= 4 is 22.9 Å². The topological polar surface area (TPSA) is 12.0 Å². The van der Waals surface area contributed by atoms with Gasteiger partial charge in [0.25, 0.3) is 0 Å². The Morgan fingerprint density at radius 1 is 0.739 bits per heavy atom. The summed E-state index contributed by atoms with van der Waals surface area (Å²) in [5, 5.41) is 3.32. The number of hydrogen-bond donors (Lipinski definition) is 1. The first-order valence-corrected chi connectivity index (χ1v) is 8.16. The molecule has 0 aliphatic heterocycles. The van der Waals surface area contributed by atoms with Crippen LogP contribution in [0.15, 0.2) is 84.9 Å². The number of para-hydroxylation sites is 1. The molecule has 0 aromatic heterocycles. The van der Waals surface area contributed by atoms with Gasteiger partial charge in [0.2, 0.25) is 0 Å². The van der Waals surface area contributed by atoms with E-state index in [9.17, 15) is 0 Å². The second kappa shape index (κ2) is 7.21. The Morgan fingerprint density at radius 2 is 1.26 bits per heavy atom. The molecule has 0 heterocycles. The van der Waals surface area contributed by atoms with Gasteiger partial charge in [-0.3, -0.25) is 0 Å². The Labute approximate surface area is 143 Å². The number of rotatable bonds is 4. The molecule has 1 atom stereocenters. The molecule has 3 rings (SSSR count). The highest BCUT2D eigenvalue weighted by atomic mass is 32.1. The predicted octanol–water partition coefficient (Wildman–Crippen LogP) is 5.90. The van der Waals surface area contributed by atoms with Gasteiger partial charge in [-0.15, -0.1) is 0 Å². The number of anilines is 1. The zero-order valence-electron chi connectivity index (χ0n) is 13.1. The SMILES string of the molecule is CC(C(=S)Nc1ccccc1)c1ccc(-c2ccccc2)cc1. The molecule has 0 bridgehead atoms. The van der Waals surface area contributed by atoms with Gasteiger partial charge in [-0.25, -0.2) is 0 Å². The lowest BCUT2D eigenvalue weighted by Gasteiger charge is -2.16. The van der Waals surface area contributed by atoms with E-state index in [4.69, 9.17) is 12.2 Å². The smallest absolute Gasteiger partial charge is 0.0870 e. The Bertz CT molecular complexity index is 764. The summed E-state index contributed by atoms with van der Waals surface area (Å²) in [5.74, 6) is 0.176. The van der Waals surface area contributed by atoms with Crippen molar-refractivity contribution in [3.63, 3.8) is 0 Å². The molecule has 2 heteroatoms. The molecule has 114 valence electrons. The van der Waals surface area contributed by atoms with Gasteiger partial charge in [-0.2, -0.15) is 0 Å². The number of nitrogens with one attached hydrogen (secondary N) is 1. The highest BCUT2D eigenvalue weighted by Crippen LogP contribution is 2.24. The third-order valence-electron chi connectivity index (χ3n) is 3.95. The van der Waals surface area contributed by atoms with E-state index in [0.29, 0.717) is 0 Å². The van der Waals surface area contributed by atoms with Crippen LogP contribution in [0.4, 0.5) is 5.69 Å². The molecule has 1 nitrogen and oxygen atoms in total. The molecular formula is C21H19NS. The van der Waals surface area contributed by atoms with Gasteiger partial charge in [0, 0.05) is 11.6 Å². The Hall–Kier alpha value is -2.45. The minimum Gasteiger partial charge on any atom is -0.350 e. The van der Waals surface area contributed by atoms with Crippen LogP contribution in [0.5, 0.6) is 0 Å². The monoisotopic (exact) mass is 317 g/mol. The molecule has 1 unspecified atom stereocenters. The molecule has 0 radical (unpaired) electrons. The summed E-state index contributed by atoms with van der Waals surface area (Å²) in [6, 6.07) is 29.1. The van der Waals surface area contributed by atoms with Crippen LogP contribution in [0, 0.1) is 0 Å². The fraction of sp³-hybridized carbons (Fsp3) is 0.0952.